The molecule has 2 aromatic carbocycles. The van der Waals surface area contributed by atoms with Crippen molar-refractivity contribution >= 4 is 41.2 Å². The zero-order valence-corrected chi connectivity index (χ0v) is 24.5. The van der Waals surface area contributed by atoms with E-state index in [4.69, 9.17) is 14.2 Å². The maximum Gasteiger partial charge on any atom is 0.251 e. The molecule has 11 heteroatoms. The van der Waals surface area contributed by atoms with E-state index >= 15 is 0 Å². The molecular formula is C28H32FN3O5SSi. The molecule has 2 aromatic heterocycles. The molecule has 8 nitrogen and oxygen atoms in total. The summed E-state index contributed by atoms with van der Waals surface area (Å²) >= 11 is 1.29. The van der Waals surface area contributed by atoms with Crippen LogP contribution in [0.1, 0.15) is 20.8 Å². The molecule has 4 rings (SSSR count). The topological polar surface area (TPSA) is 91.7 Å². The van der Waals surface area contributed by atoms with Crippen LogP contribution in [-0.4, -0.2) is 56.7 Å². The van der Waals surface area contributed by atoms with Crippen LogP contribution in [0.4, 0.5) is 4.39 Å². The van der Waals surface area contributed by atoms with Gasteiger partial charge in [0.1, 0.15) is 24.1 Å². The number of carbonyl (C=O) groups is 2. The number of hydrogen-bond donors (Lipinski definition) is 1. The van der Waals surface area contributed by atoms with Crippen molar-refractivity contribution in [3.8, 4) is 22.9 Å². The largest absolute Gasteiger partial charge is 0.493 e. The summed E-state index contributed by atoms with van der Waals surface area (Å²) in [5, 5.41) is 5.23. The van der Waals surface area contributed by atoms with E-state index in [-0.39, 0.29) is 24.9 Å². The third-order valence-electron chi connectivity index (χ3n) is 6.21. The lowest BCUT2D eigenvalue weighted by Gasteiger charge is -2.17. The Kier molecular flexibility index (Phi) is 8.83. The Morgan fingerprint density at radius 3 is 2.59 bits per heavy atom. The van der Waals surface area contributed by atoms with Crippen molar-refractivity contribution in [1.82, 2.24) is 14.9 Å². The lowest BCUT2D eigenvalue weighted by atomic mass is 10.1. The van der Waals surface area contributed by atoms with E-state index in [1.54, 1.807) is 28.8 Å². The highest BCUT2D eigenvalue weighted by atomic mass is 32.1. The fraction of sp³-hybridized carbons (Fsp3) is 0.321. The quantitative estimate of drug-likeness (QED) is 0.131. The first-order chi connectivity index (χ1) is 18.6. The van der Waals surface area contributed by atoms with E-state index < -0.39 is 14.0 Å². The number of carbonyl (C=O) groups excluding carboxylic acids is 2. The standard InChI is InChI=1S/C28H32FN3O5SSi/c1-35-24-10-9-18(13-25(24)36-2)28(34)31-15-23(33)22-14-30-27(32(22)17-37-11-12-39(3,4)5)20-16-38-26-19(20)7-6-8-21(26)29/h6-10,13-14,16H,11-12,15,17H2,1-5H3,(H,31,34). The number of hydrogen-bond acceptors (Lipinski definition) is 7. The van der Waals surface area contributed by atoms with Crippen molar-refractivity contribution in [3.05, 3.63) is 65.0 Å². The number of nitrogens with zero attached hydrogens (tertiary/aromatic N) is 2. The van der Waals surface area contributed by atoms with E-state index in [2.05, 4.69) is 29.9 Å². The first-order valence-electron chi connectivity index (χ1n) is 12.5. The van der Waals surface area contributed by atoms with Crippen LogP contribution < -0.4 is 14.8 Å². The van der Waals surface area contributed by atoms with E-state index in [9.17, 15) is 14.0 Å². The second kappa shape index (κ2) is 12.1. The number of halogens is 1. The number of ether oxygens (including phenoxy) is 3. The van der Waals surface area contributed by atoms with Crippen LogP contribution in [0.15, 0.2) is 48.0 Å². The number of thiophene rings is 1. The van der Waals surface area contributed by atoms with Crippen LogP contribution in [0.5, 0.6) is 11.5 Å². The summed E-state index contributed by atoms with van der Waals surface area (Å²) in [5.74, 6) is 0.353. The Morgan fingerprint density at radius 2 is 1.87 bits per heavy atom. The SMILES string of the molecule is COc1ccc(C(=O)NCC(=O)c2cnc(-c3csc4c(F)cccc34)n2COCC[Si](C)(C)C)cc1OC. The molecular weight excluding hydrogens is 537 g/mol. The molecule has 0 fully saturated rings. The molecule has 1 amide bonds. The maximum absolute atomic E-state index is 14.4. The number of fused-ring (bicyclic) bond motifs is 1. The monoisotopic (exact) mass is 569 g/mol. The molecule has 0 atom stereocenters. The summed E-state index contributed by atoms with van der Waals surface area (Å²) in [4.78, 5) is 30.6. The number of imidazole rings is 1. The molecule has 0 aliphatic carbocycles. The lowest BCUT2D eigenvalue weighted by Crippen LogP contribution is -2.30. The predicted octanol–water partition coefficient (Wildman–Crippen LogP) is 5.85. The average molecular weight is 570 g/mol. The summed E-state index contributed by atoms with van der Waals surface area (Å²) in [7, 11) is 1.68. The normalized spacial score (nSPS) is 11.5. The summed E-state index contributed by atoms with van der Waals surface area (Å²) in [6.07, 6.45) is 1.48. The Hall–Kier alpha value is -3.54. The van der Waals surface area contributed by atoms with E-state index in [0.717, 1.165) is 17.0 Å². The Bertz CT molecular complexity index is 1490. The molecule has 4 aromatic rings. The smallest absolute Gasteiger partial charge is 0.251 e. The number of nitrogens with one attached hydrogen (secondary N) is 1. The Labute approximate surface area is 231 Å². The third-order valence-corrected chi connectivity index (χ3v) is 8.91. The summed E-state index contributed by atoms with van der Waals surface area (Å²) in [6, 6.07) is 10.6. The van der Waals surface area contributed by atoms with Crippen LogP contribution in [-0.2, 0) is 11.5 Å². The van der Waals surface area contributed by atoms with Gasteiger partial charge in [0.15, 0.2) is 17.3 Å². The highest BCUT2D eigenvalue weighted by Gasteiger charge is 2.22. The highest BCUT2D eigenvalue weighted by Crippen LogP contribution is 2.35. The van der Waals surface area contributed by atoms with E-state index in [1.807, 2.05) is 11.4 Å². The minimum absolute atomic E-state index is 0.108. The summed E-state index contributed by atoms with van der Waals surface area (Å²) in [5.41, 5.74) is 1.34. The fourth-order valence-electron chi connectivity index (χ4n) is 4.00. The van der Waals surface area contributed by atoms with Gasteiger partial charge in [0.2, 0.25) is 0 Å². The molecule has 0 saturated carbocycles. The van der Waals surface area contributed by atoms with Crippen molar-refractivity contribution in [2.75, 3.05) is 27.4 Å². The van der Waals surface area contributed by atoms with Gasteiger partial charge in [-0.05, 0) is 30.3 Å². The number of ketones is 1. The number of benzene rings is 2. The van der Waals surface area contributed by atoms with E-state index in [0.29, 0.717) is 39.9 Å². The molecule has 1 N–H and O–H groups in total. The van der Waals surface area contributed by atoms with Crippen LogP contribution in [0, 0.1) is 5.82 Å². The maximum atomic E-state index is 14.4. The molecule has 206 valence electrons. The van der Waals surface area contributed by atoms with Gasteiger partial charge in [-0.2, -0.15) is 0 Å². The molecule has 2 heterocycles. The Balaban J connectivity index is 1.57. The summed E-state index contributed by atoms with van der Waals surface area (Å²) < 4.78 is 33.1. The third kappa shape index (κ3) is 6.55. The van der Waals surface area contributed by atoms with Crippen LogP contribution in [0.25, 0.3) is 21.5 Å². The van der Waals surface area contributed by atoms with Crippen molar-refractivity contribution in [2.24, 2.45) is 0 Å². The van der Waals surface area contributed by atoms with E-state index in [1.165, 1.54) is 37.8 Å². The van der Waals surface area contributed by atoms with Gasteiger partial charge in [-0.3, -0.25) is 14.2 Å². The van der Waals surface area contributed by atoms with Crippen LogP contribution in [0.3, 0.4) is 0 Å². The molecule has 39 heavy (non-hydrogen) atoms. The van der Waals surface area contributed by atoms with Crippen molar-refractivity contribution in [3.63, 3.8) is 0 Å². The number of rotatable bonds is 12. The van der Waals surface area contributed by atoms with Gasteiger partial charge in [-0.1, -0.05) is 31.8 Å². The van der Waals surface area contributed by atoms with Gasteiger partial charge in [-0.25, -0.2) is 9.37 Å². The number of Topliss-reactive ketones (excluding diaryl/α,β-unsaturated/α-hetero) is 1. The van der Waals surface area contributed by atoms with Crippen molar-refractivity contribution < 1.29 is 28.2 Å². The minimum atomic E-state index is -1.32. The lowest BCUT2D eigenvalue weighted by molar-refractivity contribution is 0.0804. The first kappa shape index (κ1) is 28.5. The second-order valence-electron chi connectivity index (χ2n) is 10.2. The molecule has 0 unspecified atom stereocenters. The number of amides is 1. The molecule has 0 bridgehead atoms. The number of aromatic nitrogens is 2. The molecule has 0 saturated heterocycles. The zero-order valence-electron chi connectivity index (χ0n) is 22.7. The predicted molar refractivity (Wildman–Crippen MR) is 153 cm³/mol. The number of methoxy groups -OCH3 is 2. The van der Waals surface area contributed by atoms with Gasteiger partial charge in [0.25, 0.3) is 5.91 Å². The molecule has 0 radical (unpaired) electrons. The van der Waals surface area contributed by atoms with Gasteiger partial charge >= 0.3 is 0 Å². The van der Waals surface area contributed by atoms with Crippen molar-refractivity contribution in [1.29, 1.82) is 0 Å². The molecule has 0 aliphatic rings. The Morgan fingerprint density at radius 1 is 1.10 bits per heavy atom. The minimum Gasteiger partial charge on any atom is -0.493 e. The van der Waals surface area contributed by atoms with Gasteiger partial charge < -0.3 is 19.5 Å². The van der Waals surface area contributed by atoms with Crippen molar-refractivity contribution in [2.45, 2.75) is 32.4 Å². The van der Waals surface area contributed by atoms with Crippen LogP contribution >= 0.6 is 11.3 Å². The van der Waals surface area contributed by atoms with Gasteiger partial charge in [-0.15, -0.1) is 11.3 Å². The fourth-order valence-corrected chi connectivity index (χ4v) is 5.71. The molecule has 0 spiro atoms. The first-order valence-corrected chi connectivity index (χ1v) is 17.0. The average Bonchev–Trinajstić information content (AvgIpc) is 3.53. The second-order valence-corrected chi connectivity index (χ2v) is 16.7. The van der Waals surface area contributed by atoms with Crippen LogP contribution in [0.2, 0.25) is 25.7 Å². The summed E-state index contributed by atoms with van der Waals surface area (Å²) in [6.45, 7) is 7.21. The molecule has 0 aliphatic heterocycles. The van der Waals surface area contributed by atoms with Gasteiger partial charge in [0.05, 0.1) is 31.7 Å². The highest BCUT2D eigenvalue weighted by molar-refractivity contribution is 7.17. The zero-order chi connectivity index (χ0) is 28.2. The van der Waals surface area contributed by atoms with Gasteiger partial charge in [0, 0.05) is 36.6 Å².